The third-order valence-corrected chi connectivity index (χ3v) is 16.6. The van der Waals surface area contributed by atoms with Gasteiger partial charge in [0.05, 0.1) is 27.7 Å². The molecule has 560 valence electrons. The van der Waals surface area contributed by atoms with Crippen molar-refractivity contribution in [2.24, 2.45) is 0 Å². The fourth-order valence-corrected chi connectivity index (χ4v) is 10.5. The quantitative estimate of drug-likeness (QED) is 0.0195. The molecule has 2 unspecified atom stereocenters. The Morgan fingerprint density at radius 1 is 0.310 bits per heavy atom. The van der Waals surface area contributed by atoms with Crippen molar-refractivity contribution in [2.75, 3.05) is 47.5 Å². The Labute approximate surface area is 613 Å². The van der Waals surface area contributed by atoms with Gasteiger partial charge in [0.25, 0.3) is 7.82 Å². The molecule has 0 heterocycles. The molecular weight excluding hydrogens is 1250 g/mol. The van der Waals surface area contributed by atoms with E-state index in [0.717, 1.165) is 180 Å². The summed E-state index contributed by atoms with van der Waals surface area (Å²) in [4.78, 5) is 38.2. The minimum absolute atomic E-state index is 0.0459. The van der Waals surface area contributed by atoms with Gasteiger partial charge in [-0.15, -0.1) is 0 Å². The maximum absolute atomic E-state index is 12.9. The number of quaternary nitrogens is 1. The zero-order valence-electron chi connectivity index (χ0n) is 63.8. The number of hydrogen-bond donors (Lipinski definition) is 0. The van der Waals surface area contributed by atoms with E-state index in [1.54, 1.807) is 0 Å². The molecule has 0 aliphatic carbocycles. The summed E-state index contributed by atoms with van der Waals surface area (Å²) in [6.07, 6.45) is 124. The van der Waals surface area contributed by atoms with Crippen LogP contribution in [0.2, 0.25) is 0 Å². The maximum atomic E-state index is 12.9. The summed E-state index contributed by atoms with van der Waals surface area (Å²) in [7, 11) is 1.13. The first kappa shape index (κ1) is 94.1. The molecule has 0 aromatic heterocycles. The number of phosphoric ester groups is 1. The van der Waals surface area contributed by atoms with Crippen LogP contribution in [0.5, 0.6) is 0 Å². The monoisotopic (exact) mass is 1400 g/mol. The molecule has 0 bridgehead atoms. The number of likely N-dealkylation sites (N-methyl/N-ethyl adjacent to an activating group) is 1. The standard InChI is InChI=1S/C90H142NO8P/c1-6-8-10-12-14-16-18-20-22-24-26-28-30-32-34-36-38-40-42-43-44-45-46-47-49-51-53-55-57-59-61-63-65-67-69-71-73-75-77-79-81-83-90(93)99-88(87-98-100(94,95)97-85-84-91(3,4)5)86-96-89(92)82-80-78-76-74-72-70-68-66-64-62-60-58-56-54-52-50-48-41-39-37-35-33-31-29-27-25-23-21-19-17-15-13-11-9-7-2/h8-11,14-17,20-23,26-29,32-35,38-41,43-44,46-47,50-53,56-59,63,65,88H,6-7,12-13,18-19,24-25,30-31,36-37,42,45,48-49,54-55,60-62,64,66-87H2,1-5H3/b10-8-,11-9-,16-14-,17-15-,22-20-,23-21-,28-26-,29-27-,34-32-,35-33-,40-38-,41-39-,44-43-,47-46-,52-50-,53-51-,58-56-,59-57-,65-63-. The van der Waals surface area contributed by atoms with Crippen molar-refractivity contribution in [3.05, 3.63) is 231 Å². The number of hydrogen-bond acceptors (Lipinski definition) is 8. The Morgan fingerprint density at radius 3 is 0.800 bits per heavy atom. The van der Waals surface area contributed by atoms with E-state index in [1.807, 2.05) is 21.1 Å². The zero-order chi connectivity index (χ0) is 72.5. The van der Waals surface area contributed by atoms with Gasteiger partial charge in [0, 0.05) is 12.8 Å². The first-order valence-electron chi connectivity index (χ1n) is 39.1. The number of unbranched alkanes of at least 4 members (excludes halogenated alkanes) is 17. The number of rotatable bonds is 69. The van der Waals surface area contributed by atoms with E-state index in [1.165, 1.54) is 51.4 Å². The van der Waals surface area contributed by atoms with E-state index < -0.39 is 32.5 Å². The molecule has 0 aliphatic heterocycles. The van der Waals surface area contributed by atoms with Crippen LogP contribution in [0.15, 0.2) is 231 Å². The molecule has 100 heavy (non-hydrogen) atoms. The first-order valence-corrected chi connectivity index (χ1v) is 40.6. The van der Waals surface area contributed by atoms with E-state index >= 15 is 0 Å². The largest absolute Gasteiger partial charge is 0.756 e. The number of phosphoric acid groups is 1. The lowest BCUT2D eigenvalue weighted by atomic mass is 10.1. The van der Waals surface area contributed by atoms with Gasteiger partial charge in [-0.1, -0.05) is 328 Å². The van der Waals surface area contributed by atoms with Gasteiger partial charge in [-0.2, -0.15) is 0 Å². The molecule has 10 heteroatoms. The molecule has 0 aromatic carbocycles. The summed E-state index contributed by atoms with van der Waals surface area (Å²) < 4.78 is 34.4. The Hall–Kier alpha value is -5.93. The number of esters is 2. The highest BCUT2D eigenvalue weighted by atomic mass is 31.2. The van der Waals surface area contributed by atoms with Crippen LogP contribution in [0, 0.1) is 0 Å². The lowest BCUT2D eigenvalue weighted by Crippen LogP contribution is -2.37. The van der Waals surface area contributed by atoms with Crippen molar-refractivity contribution in [1.82, 2.24) is 0 Å². The molecule has 0 radical (unpaired) electrons. The number of carbonyl (C=O) groups excluding carboxylic acids is 2. The summed E-state index contributed by atoms with van der Waals surface area (Å²) >= 11 is 0. The minimum atomic E-state index is -4.67. The van der Waals surface area contributed by atoms with E-state index in [4.69, 9.17) is 18.5 Å². The van der Waals surface area contributed by atoms with Crippen LogP contribution in [-0.2, 0) is 32.7 Å². The molecule has 9 nitrogen and oxygen atoms in total. The summed E-state index contributed by atoms with van der Waals surface area (Å²) in [5, 5.41) is 0. The Balaban J connectivity index is 4.14. The molecule has 0 saturated heterocycles. The second kappa shape index (κ2) is 77.2. The topological polar surface area (TPSA) is 111 Å². The lowest BCUT2D eigenvalue weighted by Gasteiger charge is -2.28. The van der Waals surface area contributed by atoms with Gasteiger partial charge < -0.3 is 27.9 Å². The van der Waals surface area contributed by atoms with Crippen LogP contribution in [0.4, 0.5) is 0 Å². The second-order valence-corrected chi connectivity index (χ2v) is 27.7. The van der Waals surface area contributed by atoms with Crippen molar-refractivity contribution in [3.8, 4) is 0 Å². The van der Waals surface area contributed by atoms with Crippen molar-refractivity contribution in [3.63, 3.8) is 0 Å². The molecule has 0 amide bonds. The summed E-state index contributed by atoms with van der Waals surface area (Å²) in [6, 6.07) is 0. The molecule has 0 rings (SSSR count). The third kappa shape index (κ3) is 81.0. The highest BCUT2D eigenvalue weighted by Crippen LogP contribution is 2.38. The van der Waals surface area contributed by atoms with Crippen molar-refractivity contribution < 1.29 is 42.1 Å². The summed E-state index contributed by atoms with van der Waals surface area (Å²) in [6.45, 7) is 3.97. The molecule has 0 saturated carbocycles. The molecule has 0 aliphatic rings. The van der Waals surface area contributed by atoms with Gasteiger partial charge in [0.2, 0.25) is 0 Å². The normalized spacial score (nSPS) is 14.3. The minimum Gasteiger partial charge on any atom is -0.756 e. The number of carbonyl (C=O) groups is 2. The third-order valence-electron chi connectivity index (χ3n) is 15.7. The van der Waals surface area contributed by atoms with Crippen molar-refractivity contribution >= 4 is 19.8 Å². The van der Waals surface area contributed by atoms with Gasteiger partial charge in [0.1, 0.15) is 19.8 Å². The zero-order valence-corrected chi connectivity index (χ0v) is 64.7. The van der Waals surface area contributed by atoms with Gasteiger partial charge in [-0.25, -0.2) is 0 Å². The van der Waals surface area contributed by atoms with Gasteiger partial charge in [0.15, 0.2) is 6.10 Å². The fourth-order valence-electron chi connectivity index (χ4n) is 9.79. The predicted octanol–water partition coefficient (Wildman–Crippen LogP) is 25.9. The first-order chi connectivity index (χ1) is 49.0. The van der Waals surface area contributed by atoms with E-state index in [0.29, 0.717) is 23.9 Å². The Morgan fingerprint density at radius 2 is 0.540 bits per heavy atom. The van der Waals surface area contributed by atoms with E-state index in [9.17, 15) is 19.0 Å². The number of ether oxygens (including phenoxy) is 2. The average molecular weight is 1400 g/mol. The summed E-state index contributed by atoms with van der Waals surface area (Å²) in [5.41, 5.74) is 0. The van der Waals surface area contributed by atoms with Crippen LogP contribution in [0.3, 0.4) is 0 Å². The van der Waals surface area contributed by atoms with Gasteiger partial charge >= 0.3 is 11.9 Å². The smallest absolute Gasteiger partial charge is 0.306 e. The maximum Gasteiger partial charge on any atom is 0.306 e. The number of allylic oxidation sites excluding steroid dienone is 38. The van der Waals surface area contributed by atoms with Crippen molar-refractivity contribution in [1.29, 1.82) is 0 Å². The lowest BCUT2D eigenvalue weighted by molar-refractivity contribution is -0.870. The molecular formula is C90H142NO8P. The van der Waals surface area contributed by atoms with Crippen LogP contribution in [0.1, 0.15) is 271 Å². The molecule has 0 aromatic rings. The molecule has 0 N–H and O–H groups in total. The van der Waals surface area contributed by atoms with E-state index in [-0.39, 0.29) is 26.1 Å². The summed E-state index contributed by atoms with van der Waals surface area (Å²) in [5.74, 6) is -0.865. The Kier molecular flexibility index (Phi) is 72.7. The van der Waals surface area contributed by atoms with Crippen LogP contribution < -0.4 is 4.89 Å². The molecule has 0 spiro atoms. The SMILES string of the molecule is CC/C=C\C/C=C\C/C=C\C/C=C\C/C=C\C/C=C\C/C=C\C/C=C\C/C=C\C/C=C\C/C=C\CCCCCCCCCC(=O)OC(COC(=O)CCCCCCCCCCCC/C=C\C/C=C\C/C=C\C/C=C\C/C=C\C/C=C\C/C=C\C/C=C\CC)COP(=O)([O-])OCC[N+](C)(C)C. The van der Waals surface area contributed by atoms with Crippen LogP contribution in [0.25, 0.3) is 0 Å². The van der Waals surface area contributed by atoms with Crippen LogP contribution in [-0.4, -0.2) is 70.0 Å². The Bertz CT molecular complexity index is 2550. The number of nitrogens with zero attached hydrogens (tertiary/aromatic N) is 1. The van der Waals surface area contributed by atoms with Crippen molar-refractivity contribution in [2.45, 2.75) is 277 Å². The highest BCUT2D eigenvalue weighted by molar-refractivity contribution is 7.45. The predicted molar refractivity (Wildman–Crippen MR) is 433 cm³/mol. The second-order valence-electron chi connectivity index (χ2n) is 26.3. The van der Waals surface area contributed by atoms with Crippen LogP contribution >= 0.6 is 7.82 Å². The van der Waals surface area contributed by atoms with E-state index in [2.05, 4.69) is 245 Å². The average Bonchev–Trinajstić information content (AvgIpc) is 1.30. The molecule has 0 fully saturated rings. The highest BCUT2D eigenvalue weighted by Gasteiger charge is 2.22. The van der Waals surface area contributed by atoms with Gasteiger partial charge in [-0.3, -0.25) is 14.2 Å². The molecule has 2 atom stereocenters. The fraction of sp³-hybridized carbons (Fsp3) is 0.556. The van der Waals surface area contributed by atoms with Gasteiger partial charge in [-0.05, 0) is 161 Å².